The number of aliphatic imine (C=N–C) groups is 1. The highest BCUT2D eigenvalue weighted by atomic mass is 35.5. The third-order valence-corrected chi connectivity index (χ3v) is 2.28. The van der Waals surface area contributed by atoms with Gasteiger partial charge in [-0.1, -0.05) is 24.3 Å². The Balaban J connectivity index is 0. The second-order valence-electron chi connectivity index (χ2n) is 3.38. The van der Waals surface area contributed by atoms with E-state index in [0.29, 0.717) is 0 Å². The zero-order valence-electron chi connectivity index (χ0n) is 9.60. The Morgan fingerprint density at radius 3 is 2.29 bits per heavy atom. The predicted octanol–water partition coefficient (Wildman–Crippen LogP) is 2.02. The van der Waals surface area contributed by atoms with Gasteiger partial charge in [-0.15, -0.1) is 37.2 Å². The molecule has 3 nitrogen and oxygen atoms in total. The first kappa shape index (κ1) is 18.9. The molecule has 17 heavy (non-hydrogen) atoms. The third kappa shape index (κ3) is 5.13. The van der Waals surface area contributed by atoms with Crippen LogP contribution in [0.3, 0.4) is 0 Å². The van der Waals surface area contributed by atoms with Crippen LogP contribution in [0, 0.1) is 0 Å². The van der Waals surface area contributed by atoms with Gasteiger partial charge in [-0.2, -0.15) is 0 Å². The fourth-order valence-corrected chi connectivity index (χ4v) is 1.58. The lowest BCUT2D eigenvalue weighted by Gasteiger charge is -2.04. The van der Waals surface area contributed by atoms with Crippen LogP contribution in [0.25, 0.3) is 0 Å². The zero-order chi connectivity index (χ0) is 9.80. The van der Waals surface area contributed by atoms with Crippen LogP contribution < -0.4 is 10.6 Å². The van der Waals surface area contributed by atoms with Gasteiger partial charge in [0.15, 0.2) is 0 Å². The highest BCUT2D eigenvalue weighted by molar-refractivity contribution is 5.99. The lowest BCUT2D eigenvalue weighted by molar-refractivity contribution is 0.818. The minimum absolute atomic E-state index is 0. The van der Waals surface area contributed by atoms with E-state index >= 15 is 0 Å². The van der Waals surface area contributed by atoms with Crippen molar-refractivity contribution in [3.05, 3.63) is 35.4 Å². The average Bonchev–Trinajstić information content (AvgIpc) is 2.72. The van der Waals surface area contributed by atoms with Crippen LogP contribution in [0.5, 0.6) is 0 Å². The number of rotatable bonds is 3. The molecule has 1 heterocycles. The monoisotopic (exact) mass is 297 g/mol. The molecule has 98 valence electrons. The first-order chi connectivity index (χ1) is 6.90. The van der Waals surface area contributed by atoms with Gasteiger partial charge < -0.3 is 10.6 Å². The summed E-state index contributed by atoms with van der Waals surface area (Å²) in [7, 11) is 1.95. The van der Waals surface area contributed by atoms with Gasteiger partial charge in [0.2, 0.25) is 0 Å². The van der Waals surface area contributed by atoms with E-state index in [0.717, 1.165) is 25.5 Å². The normalized spacial score (nSPS) is 12.4. The number of halogens is 3. The quantitative estimate of drug-likeness (QED) is 0.896. The van der Waals surface area contributed by atoms with Crippen molar-refractivity contribution in [3.8, 4) is 0 Å². The molecule has 0 unspecified atom stereocenters. The molecule has 1 aliphatic rings. The zero-order valence-corrected chi connectivity index (χ0v) is 12.1. The summed E-state index contributed by atoms with van der Waals surface area (Å²) in [6.45, 7) is 2.78. The van der Waals surface area contributed by atoms with Crippen molar-refractivity contribution in [2.75, 3.05) is 20.1 Å². The summed E-state index contributed by atoms with van der Waals surface area (Å²) in [5.41, 5.74) is 2.48. The van der Waals surface area contributed by atoms with Crippen molar-refractivity contribution < 1.29 is 0 Å². The smallest absolute Gasteiger partial charge is 0.128 e. The maximum atomic E-state index is 4.37. The molecule has 0 aromatic heterocycles. The maximum absolute atomic E-state index is 4.37. The highest BCUT2D eigenvalue weighted by Gasteiger charge is 2.06. The van der Waals surface area contributed by atoms with E-state index in [1.165, 1.54) is 11.1 Å². The van der Waals surface area contributed by atoms with Gasteiger partial charge in [-0.05, 0) is 12.6 Å². The number of amidine groups is 1. The van der Waals surface area contributed by atoms with Crippen LogP contribution in [0.15, 0.2) is 29.3 Å². The van der Waals surface area contributed by atoms with E-state index in [2.05, 4.69) is 39.9 Å². The number of nitrogens with one attached hydrogen (secondary N) is 2. The molecule has 0 aliphatic carbocycles. The first-order valence-electron chi connectivity index (χ1n) is 4.92. The Kier molecular flexibility index (Phi) is 10.6. The molecule has 2 N–H and O–H groups in total. The molecule has 0 radical (unpaired) electrons. The molecule has 0 saturated carbocycles. The summed E-state index contributed by atoms with van der Waals surface area (Å²) in [4.78, 5) is 4.37. The molecule has 1 aromatic rings. The van der Waals surface area contributed by atoms with Crippen molar-refractivity contribution in [2.24, 2.45) is 4.99 Å². The lowest BCUT2D eigenvalue weighted by atomic mass is 10.1. The van der Waals surface area contributed by atoms with E-state index in [4.69, 9.17) is 0 Å². The first-order valence-corrected chi connectivity index (χ1v) is 4.92. The molecular formula is C11H18Cl3N3. The minimum atomic E-state index is 0. The Bertz CT molecular complexity index is 338. The predicted molar refractivity (Wildman–Crippen MR) is 80.4 cm³/mol. The van der Waals surface area contributed by atoms with Crippen LogP contribution in [-0.2, 0) is 6.54 Å². The molecular weight excluding hydrogens is 281 g/mol. The second kappa shape index (κ2) is 9.54. The van der Waals surface area contributed by atoms with Crippen molar-refractivity contribution >= 4 is 43.1 Å². The lowest BCUT2D eigenvalue weighted by Crippen LogP contribution is -2.19. The van der Waals surface area contributed by atoms with E-state index in [1.807, 2.05) is 7.05 Å². The highest BCUT2D eigenvalue weighted by Crippen LogP contribution is 2.06. The van der Waals surface area contributed by atoms with Crippen LogP contribution in [0.2, 0.25) is 0 Å². The van der Waals surface area contributed by atoms with Gasteiger partial charge in [0.05, 0.1) is 6.54 Å². The van der Waals surface area contributed by atoms with Gasteiger partial charge in [0.25, 0.3) is 0 Å². The van der Waals surface area contributed by atoms with Gasteiger partial charge in [0.1, 0.15) is 5.84 Å². The summed E-state index contributed by atoms with van der Waals surface area (Å²) < 4.78 is 0. The van der Waals surface area contributed by atoms with Crippen LogP contribution in [-0.4, -0.2) is 26.0 Å². The third-order valence-electron chi connectivity index (χ3n) is 2.28. The summed E-state index contributed by atoms with van der Waals surface area (Å²) in [5.74, 6) is 1.03. The second-order valence-corrected chi connectivity index (χ2v) is 3.38. The van der Waals surface area contributed by atoms with E-state index in [9.17, 15) is 0 Å². The van der Waals surface area contributed by atoms with Crippen molar-refractivity contribution in [1.82, 2.24) is 10.6 Å². The van der Waals surface area contributed by atoms with Crippen LogP contribution in [0.1, 0.15) is 11.1 Å². The molecule has 0 atom stereocenters. The minimum Gasteiger partial charge on any atom is -0.368 e. The Morgan fingerprint density at radius 2 is 1.82 bits per heavy atom. The maximum Gasteiger partial charge on any atom is 0.128 e. The van der Waals surface area contributed by atoms with Gasteiger partial charge in [-0.3, -0.25) is 4.99 Å². The van der Waals surface area contributed by atoms with Crippen LogP contribution in [0.4, 0.5) is 0 Å². The van der Waals surface area contributed by atoms with E-state index in [-0.39, 0.29) is 37.2 Å². The number of hydrogen-bond donors (Lipinski definition) is 2. The molecule has 2 rings (SSSR count). The molecule has 0 saturated heterocycles. The van der Waals surface area contributed by atoms with Crippen molar-refractivity contribution in [1.29, 1.82) is 0 Å². The number of nitrogens with zero attached hydrogens (tertiary/aromatic N) is 1. The van der Waals surface area contributed by atoms with E-state index in [1.54, 1.807) is 0 Å². The molecule has 1 aliphatic heterocycles. The topological polar surface area (TPSA) is 36.4 Å². The summed E-state index contributed by atoms with van der Waals surface area (Å²) in [5, 5.41) is 6.39. The SMILES string of the molecule is CNCc1ccc(C2=NCCN2)cc1.Cl.Cl.Cl. The average molecular weight is 299 g/mol. The largest absolute Gasteiger partial charge is 0.368 e. The number of benzene rings is 1. The molecule has 0 fully saturated rings. The van der Waals surface area contributed by atoms with Gasteiger partial charge in [0, 0.05) is 18.7 Å². The van der Waals surface area contributed by atoms with Gasteiger partial charge >= 0.3 is 0 Å². The van der Waals surface area contributed by atoms with Gasteiger partial charge in [-0.25, -0.2) is 0 Å². The standard InChI is InChI=1S/C11H15N3.3ClH/c1-12-8-9-2-4-10(5-3-9)11-13-6-7-14-11;;;/h2-5,12H,6-8H2,1H3,(H,13,14);3*1H. The molecule has 6 heteroatoms. The molecule has 0 amide bonds. The molecule has 1 aromatic carbocycles. The fraction of sp³-hybridized carbons (Fsp3) is 0.364. The molecule has 0 bridgehead atoms. The van der Waals surface area contributed by atoms with Crippen molar-refractivity contribution in [3.63, 3.8) is 0 Å². The molecule has 0 spiro atoms. The van der Waals surface area contributed by atoms with Crippen LogP contribution >= 0.6 is 37.2 Å². The summed E-state index contributed by atoms with van der Waals surface area (Å²) in [6.07, 6.45) is 0. The Labute approximate surface area is 121 Å². The van der Waals surface area contributed by atoms with Crippen molar-refractivity contribution in [2.45, 2.75) is 6.54 Å². The van der Waals surface area contributed by atoms with E-state index < -0.39 is 0 Å². The summed E-state index contributed by atoms with van der Waals surface area (Å²) >= 11 is 0. The Morgan fingerprint density at radius 1 is 1.18 bits per heavy atom. The Hall–Kier alpha value is -0.480. The fourth-order valence-electron chi connectivity index (χ4n) is 1.58. The summed E-state index contributed by atoms with van der Waals surface area (Å²) in [6, 6.07) is 8.50. The number of hydrogen-bond acceptors (Lipinski definition) is 3.